The number of alkyl halides is 3. The lowest BCUT2D eigenvalue weighted by Crippen LogP contribution is -2.39. The first-order valence-corrected chi connectivity index (χ1v) is 15.9. The molecule has 0 spiro atoms. The second-order valence-electron chi connectivity index (χ2n) is 11.2. The number of aromatic nitrogens is 1. The van der Waals surface area contributed by atoms with Crippen LogP contribution in [0.3, 0.4) is 0 Å². The zero-order valence-electron chi connectivity index (χ0n) is 25.7. The van der Waals surface area contributed by atoms with Crippen molar-refractivity contribution in [3.8, 4) is 16.9 Å². The monoisotopic (exact) mass is 649 g/mol. The number of piperidine rings is 1. The van der Waals surface area contributed by atoms with Crippen LogP contribution in [0.1, 0.15) is 79.3 Å². The standard InChI is InChI=1S/C35H34F3N3O4S/c1-4-28-30(32(43)39-22(3)31(42)24-10-6-5-7-11-24)40-33(46-28)25-17-19-41(20-18-25)34(44)27-12-8-9-21(2)29(27)23-13-15-26(16-14-23)45-35(36,37)38/h5-16,22,25H,4,17-20H2,1-3H3,(H,39,43). The number of ketones is 1. The number of amides is 2. The highest BCUT2D eigenvalue weighted by atomic mass is 32.1. The Hall–Kier alpha value is -4.51. The van der Waals surface area contributed by atoms with Crippen molar-refractivity contribution in [1.29, 1.82) is 0 Å². The number of Topliss-reactive ketones (excluding diaryl/α,β-unsaturated/α-hetero) is 1. The van der Waals surface area contributed by atoms with E-state index in [0.717, 1.165) is 15.4 Å². The fraction of sp³-hybridized carbons (Fsp3) is 0.314. The molecule has 1 aliphatic heterocycles. The number of rotatable bonds is 9. The topological polar surface area (TPSA) is 88.6 Å². The van der Waals surface area contributed by atoms with E-state index in [1.54, 1.807) is 48.2 Å². The molecule has 0 aliphatic carbocycles. The predicted molar refractivity (Wildman–Crippen MR) is 170 cm³/mol. The van der Waals surface area contributed by atoms with Gasteiger partial charge >= 0.3 is 6.36 Å². The number of nitrogens with one attached hydrogen (secondary N) is 1. The molecule has 1 saturated heterocycles. The fourth-order valence-corrected chi connectivity index (χ4v) is 6.87. The van der Waals surface area contributed by atoms with E-state index in [2.05, 4.69) is 10.1 Å². The molecular formula is C35H34F3N3O4S. The largest absolute Gasteiger partial charge is 0.573 e. The molecule has 2 amide bonds. The number of hydrogen-bond donors (Lipinski definition) is 1. The first kappa shape index (κ1) is 32.9. The molecule has 240 valence electrons. The summed E-state index contributed by atoms with van der Waals surface area (Å²) < 4.78 is 41.9. The van der Waals surface area contributed by atoms with Gasteiger partial charge in [-0.3, -0.25) is 14.4 Å². The van der Waals surface area contributed by atoms with Gasteiger partial charge in [-0.25, -0.2) is 4.98 Å². The number of hydrogen-bond acceptors (Lipinski definition) is 6. The molecule has 11 heteroatoms. The van der Waals surface area contributed by atoms with Crippen molar-refractivity contribution < 1.29 is 32.3 Å². The number of ether oxygens (including phenoxy) is 1. The number of benzene rings is 3. The summed E-state index contributed by atoms with van der Waals surface area (Å²) in [4.78, 5) is 47.1. The van der Waals surface area contributed by atoms with E-state index < -0.39 is 12.4 Å². The number of carbonyl (C=O) groups is 3. The molecule has 1 fully saturated rings. The Morgan fingerprint density at radius 2 is 1.67 bits per heavy atom. The third-order valence-electron chi connectivity index (χ3n) is 8.06. The number of likely N-dealkylation sites (tertiary alicyclic amines) is 1. The summed E-state index contributed by atoms with van der Waals surface area (Å²) in [6.07, 6.45) is -2.84. The van der Waals surface area contributed by atoms with Crippen molar-refractivity contribution in [2.75, 3.05) is 13.1 Å². The van der Waals surface area contributed by atoms with Crippen LogP contribution in [-0.2, 0) is 6.42 Å². The highest BCUT2D eigenvalue weighted by Crippen LogP contribution is 2.35. The minimum atomic E-state index is -4.79. The minimum absolute atomic E-state index is 0.0717. The van der Waals surface area contributed by atoms with E-state index in [-0.39, 0.29) is 29.3 Å². The first-order chi connectivity index (χ1) is 21.9. The number of thiazole rings is 1. The fourth-order valence-electron chi connectivity index (χ4n) is 5.70. The van der Waals surface area contributed by atoms with Crippen LogP contribution < -0.4 is 10.1 Å². The van der Waals surface area contributed by atoms with Gasteiger partial charge in [-0.2, -0.15) is 0 Å². The van der Waals surface area contributed by atoms with Gasteiger partial charge in [0.15, 0.2) is 5.78 Å². The minimum Gasteiger partial charge on any atom is -0.406 e. The third-order valence-corrected chi connectivity index (χ3v) is 9.42. The molecule has 2 heterocycles. The summed E-state index contributed by atoms with van der Waals surface area (Å²) in [6, 6.07) is 19.0. The highest BCUT2D eigenvalue weighted by Gasteiger charge is 2.32. The molecule has 1 aliphatic rings. The zero-order valence-corrected chi connectivity index (χ0v) is 26.5. The molecule has 0 bridgehead atoms. The van der Waals surface area contributed by atoms with Crippen molar-refractivity contribution in [1.82, 2.24) is 15.2 Å². The summed E-state index contributed by atoms with van der Waals surface area (Å²) >= 11 is 1.50. The molecule has 3 aromatic carbocycles. The lowest BCUT2D eigenvalue weighted by Gasteiger charge is -2.32. The zero-order chi connectivity index (χ0) is 33.0. The maximum atomic E-state index is 13.8. The Bertz CT molecular complexity index is 1710. The van der Waals surface area contributed by atoms with E-state index in [0.29, 0.717) is 60.3 Å². The molecule has 5 rings (SSSR count). The van der Waals surface area contributed by atoms with Gasteiger partial charge in [0.1, 0.15) is 11.4 Å². The molecule has 7 nitrogen and oxygen atoms in total. The van der Waals surface area contributed by atoms with Crippen molar-refractivity contribution in [2.24, 2.45) is 0 Å². The third kappa shape index (κ3) is 7.47. The number of aryl methyl sites for hydroxylation is 2. The SMILES string of the molecule is CCc1sc(C2CCN(C(=O)c3cccc(C)c3-c3ccc(OC(F)(F)F)cc3)CC2)nc1C(=O)NC(C)C(=O)c1ccccc1. The Morgan fingerprint density at radius 1 is 1.00 bits per heavy atom. The van der Waals surface area contributed by atoms with Crippen LogP contribution in [0.4, 0.5) is 13.2 Å². The van der Waals surface area contributed by atoms with Crippen molar-refractivity contribution in [3.63, 3.8) is 0 Å². The van der Waals surface area contributed by atoms with Gasteiger partial charge in [-0.05, 0) is 68.0 Å². The predicted octanol–water partition coefficient (Wildman–Crippen LogP) is 7.60. The molecule has 0 saturated carbocycles. The van der Waals surface area contributed by atoms with Crippen LogP contribution in [0.5, 0.6) is 5.75 Å². The molecule has 0 radical (unpaired) electrons. The van der Waals surface area contributed by atoms with Gasteiger partial charge < -0.3 is 15.0 Å². The highest BCUT2D eigenvalue weighted by molar-refractivity contribution is 7.12. The van der Waals surface area contributed by atoms with Crippen LogP contribution >= 0.6 is 11.3 Å². The molecule has 1 unspecified atom stereocenters. The van der Waals surface area contributed by atoms with E-state index in [4.69, 9.17) is 4.98 Å². The van der Waals surface area contributed by atoms with Crippen LogP contribution in [0.15, 0.2) is 72.8 Å². The van der Waals surface area contributed by atoms with E-state index in [9.17, 15) is 27.6 Å². The van der Waals surface area contributed by atoms with Gasteiger partial charge in [-0.15, -0.1) is 24.5 Å². The Balaban J connectivity index is 1.26. The van der Waals surface area contributed by atoms with Gasteiger partial charge in [0, 0.05) is 35.0 Å². The Labute approximate surface area is 269 Å². The maximum absolute atomic E-state index is 13.8. The quantitative estimate of drug-likeness (QED) is 0.189. The average Bonchev–Trinajstić information content (AvgIpc) is 3.49. The second-order valence-corrected chi connectivity index (χ2v) is 12.4. The molecular weight excluding hydrogens is 615 g/mol. The van der Waals surface area contributed by atoms with Crippen molar-refractivity contribution in [2.45, 2.75) is 58.4 Å². The normalized spacial score (nSPS) is 14.5. The van der Waals surface area contributed by atoms with Crippen molar-refractivity contribution >= 4 is 28.9 Å². The molecule has 1 N–H and O–H groups in total. The number of carbonyl (C=O) groups excluding carboxylic acids is 3. The van der Waals surface area contributed by atoms with E-state index in [1.807, 2.05) is 26.0 Å². The lowest BCUT2D eigenvalue weighted by atomic mass is 9.92. The molecule has 46 heavy (non-hydrogen) atoms. The lowest BCUT2D eigenvalue weighted by molar-refractivity contribution is -0.274. The molecule has 4 aromatic rings. The number of nitrogens with zero attached hydrogens (tertiary/aromatic N) is 2. The second kappa shape index (κ2) is 13.9. The van der Waals surface area contributed by atoms with Gasteiger partial charge in [0.05, 0.1) is 11.0 Å². The van der Waals surface area contributed by atoms with Gasteiger partial charge in [0.2, 0.25) is 0 Å². The van der Waals surface area contributed by atoms with E-state index >= 15 is 0 Å². The first-order valence-electron chi connectivity index (χ1n) is 15.1. The molecule has 1 aromatic heterocycles. The molecule has 1 atom stereocenters. The summed E-state index contributed by atoms with van der Waals surface area (Å²) in [5, 5.41) is 3.65. The summed E-state index contributed by atoms with van der Waals surface area (Å²) in [5.74, 6) is -0.970. The summed E-state index contributed by atoms with van der Waals surface area (Å²) in [5.41, 5.74) is 3.44. The van der Waals surface area contributed by atoms with Gasteiger partial charge in [0.25, 0.3) is 11.8 Å². The van der Waals surface area contributed by atoms with Crippen LogP contribution in [0.2, 0.25) is 0 Å². The van der Waals surface area contributed by atoms with Crippen molar-refractivity contribution in [3.05, 3.63) is 105 Å². The van der Waals surface area contributed by atoms with Gasteiger partial charge in [-0.1, -0.05) is 61.5 Å². The van der Waals surface area contributed by atoms with Crippen LogP contribution in [0, 0.1) is 6.92 Å². The van der Waals surface area contributed by atoms with E-state index in [1.165, 1.54) is 35.6 Å². The summed E-state index contributed by atoms with van der Waals surface area (Å²) in [6.45, 7) is 6.46. The van der Waals surface area contributed by atoms with Crippen LogP contribution in [-0.4, -0.2) is 53.0 Å². The number of halogens is 3. The Morgan fingerprint density at radius 3 is 2.30 bits per heavy atom. The average molecular weight is 650 g/mol. The smallest absolute Gasteiger partial charge is 0.406 e. The maximum Gasteiger partial charge on any atom is 0.573 e. The van der Waals surface area contributed by atoms with Crippen LogP contribution in [0.25, 0.3) is 11.1 Å². The Kier molecular flexibility index (Phi) is 9.91. The summed E-state index contributed by atoms with van der Waals surface area (Å²) in [7, 11) is 0.